The fraction of sp³-hybridized carbons (Fsp3) is 0.0833. The van der Waals surface area contributed by atoms with Gasteiger partial charge in [0.05, 0.1) is 0 Å². The van der Waals surface area contributed by atoms with E-state index in [1.807, 2.05) is 0 Å². The Morgan fingerprint density at radius 1 is 0.327 bits per heavy atom. The van der Waals surface area contributed by atoms with Crippen LogP contribution in [0.1, 0.15) is 26.3 Å². The van der Waals surface area contributed by atoms with Crippen molar-refractivity contribution in [2.24, 2.45) is 0 Å². The molecule has 0 spiro atoms. The van der Waals surface area contributed by atoms with E-state index in [1.165, 1.54) is 77.3 Å². The molecular formula is C48H37N. The van der Waals surface area contributed by atoms with E-state index in [-0.39, 0.29) is 5.41 Å². The molecule has 0 bridgehead atoms. The lowest BCUT2D eigenvalue weighted by atomic mass is 9.77. The van der Waals surface area contributed by atoms with Crippen molar-refractivity contribution in [1.82, 2.24) is 0 Å². The van der Waals surface area contributed by atoms with Crippen LogP contribution in [0.5, 0.6) is 0 Å². The molecule has 0 N–H and O–H groups in total. The predicted molar refractivity (Wildman–Crippen MR) is 210 cm³/mol. The Morgan fingerprint density at radius 3 is 1.29 bits per heavy atom. The third kappa shape index (κ3) is 5.10. The lowest BCUT2D eigenvalue weighted by molar-refractivity contribution is 0.590. The molecule has 234 valence electrons. The Hall–Kier alpha value is -5.92. The molecule has 8 aromatic rings. The second-order valence-electron chi connectivity index (χ2n) is 14.3. The van der Waals surface area contributed by atoms with Gasteiger partial charge in [0.25, 0.3) is 0 Å². The number of rotatable bonds is 5. The molecule has 1 heteroatoms. The minimum atomic E-state index is 0.0621. The number of fused-ring (bicyclic) bond motifs is 6. The molecule has 0 fully saturated rings. The summed E-state index contributed by atoms with van der Waals surface area (Å²) >= 11 is 0. The third-order valence-corrected chi connectivity index (χ3v) is 10.1. The molecule has 0 aromatic heterocycles. The van der Waals surface area contributed by atoms with E-state index in [9.17, 15) is 0 Å². The highest BCUT2D eigenvalue weighted by Crippen LogP contribution is 2.51. The van der Waals surface area contributed by atoms with Gasteiger partial charge >= 0.3 is 0 Å². The van der Waals surface area contributed by atoms with Crippen LogP contribution in [0.2, 0.25) is 0 Å². The number of nitrogens with zero attached hydrogens (tertiary/aromatic N) is 1. The highest BCUT2D eigenvalue weighted by molar-refractivity contribution is 6.13. The predicted octanol–water partition coefficient (Wildman–Crippen LogP) is 13.7. The summed E-state index contributed by atoms with van der Waals surface area (Å²) in [6, 6.07) is 62.5. The maximum Gasteiger partial charge on any atom is 0.0468 e. The SMILES string of the molecule is CC(C)(C)c1cccc(N(c2ccccc2)c2ccc3cc4c(cc3c2)-c2cc3cc(-c5ccccc5)c(-c5ccccc5)cc3cc2-4)c1. The van der Waals surface area contributed by atoms with Crippen LogP contribution >= 0.6 is 0 Å². The number of benzene rings is 8. The van der Waals surface area contributed by atoms with Crippen molar-refractivity contribution >= 4 is 38.6 Å². The molecule has 0 amide bonds. The van der Waals surface area contributed by atoms with Gasteiger partial charge in [0, 0.05) is 17.1 Å². The second kappa shape index (κ2) is 11.4. The number of hydrogen-bond donors (Lipinski definition) is 0. The van der Waals surface area contributed by atoms with E-state index < -0.39 is 0 Å². The average Bonchev–Trinajstić information content (AvgIpc) is 3.14. The molecule has 0 radical (unpaired) electrons. The molecule has 0 saturated heterocycles. The Kier molecular flexibility index (Phi) is 6.78. The Morgan fingerprint density at radius 2 is 0.755 bits per heavy atom. The van der Waals surface area contributed by atoms with Crippen LogP contribution in [0.25, 0.3) is 66.1 Å². The Labute approximate surface area is 288 Å². The largest absolute Gasteiger partial charge is 0.310 e. The molecule has 9 rings (SSSR count). The van der Waals surface area contributed by atoms with Crippen LogP contribution in [0, 0.1) is 0 Å². The summed E-state index contributed by atoms with van der Waals surface area (Å²) < 4.78 is 0. The molecule has 49 heavy (non-hydrogen) atoms. The third-order valence-electron chi connectivity index (χ3n) is 10.1. The Balaban J connectivity index is 1.16. The minimum Gasteiger partial charge on any atom is -0.310 e. The van der Waals surface area contributed by atoms with Crippen molar-refractivity contribution in [2.45, 2.75) is 26.2 Å². The van der Waals surface area contributed by atoms with E-state index in [0.717, 1.165) is 11.4 Å². The van der Waals surface area contributed by atoms with E-state index in [2.05, 4.69) is 196 Å². The van der Waals surface area contributed by atoms with Crippen LogP contribution in [0.15, 0.2) is 170 Å². The van der Waals surface area contributed by atoms with Crippen molar-refractivity contribution < 1.29 is 0 Å². The molecule has 1 nitrogen and oxygen atoms in total. The molecule has 0 saturated carbocycles. The first-order chi connectivity index (χ1) is 23.9. The first-order valence-electron chi connectivity index (χ1n) is 17.2. The zero-order valence-electron chi connectivity index (χ0n) is 28.1. The van der Waals surface area contributed by atoms with E-state index >= 15 is 0 Å². The van der Waals surface area contributed by atoms with Gasteiger partial charge in [-0.05, 0) is 150 Å². The second-order valence-corrected chi connectivity index (χ2v) is 14.3. The molecule has 0 unspecified atom stereocenters. The van der Waals surface area contributed by atoms with E-state index in [1.54, 1.807) is 0 Å². The van der Waals surface area contributed by atoms with Crippen molar-refractivity contribution in [1.29, 1.82) is 0 Å². The lowest BCUT2D eigenvalue weighted by Crippen LogP contribution is -2.14. The van der Waals surface area contributed by atoms with Crippen molar-refractivity contribution in [3.63, 3.8) is 0 Å². The van der Waals surface area contributed by atoms with Crippen molar-refractivity contribution in [2.75, 3.05) is 4.90 Å². The van der Waals surface area contributed by atoms with Gasteiger partial charge < -0.3 is 4.90 Å². The number of anilines is 3. The topological polar surface area (TPSA) is 3.24 Å². The molecule has 1 aliphatic rings. The summed E-state index contributed by atoms with van der Waals surface area (Å²) in [6.45, 7) is 6.83. The standard InChI is InChI=1S/C48H37N/c1-48(2,3)38-18-13-21-40(31-38)49(39-19-11-6-12-20-39)41-23-22-34-25-44-45(28-35(34)24-41)47-30-37-27-43(33-16-9-5-10-17-33)42(26-36(37)29-46(44)47)32-14-7-4-8-15-32/h4-31H,1-3H3. The van der Waals surface area contributed by atoms with Crippen LogP contribution in [0.4, 0.5) is 17.1 Å². The molecule has 0 atom stereocenters. The fourth-order valence-electron chi connectivity index (χ4n) is 7.45. The van der Waals surface area contributed by atoms with Crippen LogP contribution in [-0.2, 0) is 5.41 Å². The van der Waals surface area contributed by atoms with Gasteiger partial charge in [0.1, 0.15) is 0 Å². The van der Waals surface area contributed by atoms with Gasteiger partial charge in [-0.15, -0.1) is 0 Å². The van der Waals surface area contributed by atoms with Gasteiger partial charge in [-0.2, -0.15) is 0 Å². The van der Waals surface area contributed by atoms with Gasteiger partial charge in [-0.25, -0.2) is 0 Å². The first kappa shape index (κ1) is 29.2. The number of para-hydroxylation sites is 1. The highest BCUT2D eigenvalue weighted by Gasteiger charge is 2.25. The van der Waals surface area contributed by atoms with Crippen LogP contribution in [0.3, 0.4) is 0 Å². The summed E-state index contributed by atoms with van der Waals surface area (Å²) in [5.41, 5.74) is 15.2. The van der Waals surface area contributed by atoms with Crippen LogP contribution < -0.4 is 4.90 Å². The molecule has 1 aliphatic carbocycles. The molecular weight excluding hydrogens is 591 g/mol. The first-order valence-corrected chi connectivity index (χ1v) is 17.2. The Bertz CT molecular complexity index is 2500. The minimum absolute atomic E-state index is 0.0621. The quantitative estimate of drug-likeness (QED) is 0.183. The molecule has 0 heterocycles. The van der Waals surface area contributed by atoms with E-state index in [4.69, 9.17) is 0 Å². The lowest BCUT2D eigenvalue weighted by Gasteiger charge is -2.29. The summed E-state index contributed by atoms with van der Waals surface area (Å²) in [4.78, 5) is 2.38. The summed E-state index contributed by atoms with van der Waals surface area (Å²) in [5, 5.41) is 5.05. The maximum absolute atomic E-state index is 2.40. The van der Waals surface area contributed by atoms with Crippen LogP contribution in [-0.4, -0.2) is 0 Å². The van der Waals surface area contributed by atoms with Gasteiger partial charge in [0.2, 0.25) is 0 Å². The van der Waals surface area contributed by atoms with Gasteiger partial charge in [-0.1, -0.05) is 118 Å². The maximum atomic E-state index is 2.40. The monoisotopic (exact) mass is 627 g/mol. The summed E-state index contributed by atoms with van der Waals surface area (Å²) in [7, 11) is 0. The average molecular weight is 628 g/mol. The molecule has 8 aromatic carbocycles. The summed E-state index contributed by atoms with van der Waals surface area (Å²) in [6.07, 6.45) is 0. The van der Waals surface area contributed by atoms with Crippen molar-refractivity contribution in [3.05, 3.63) is 175 Å². The van der Waals surface area contributed by atoms with Gasteiger partial charge in [0.15, 0.2) is 0 Å². The zero-order chi connectivity index (χ0) is 33.1. The normalized spacial score (nSPS) is 12.0. The van der Waals surface area contributed by atoms with E-state index in [0.29, 0.717) is 0 Å². The highest BCUT2D eigenvalue weighted by atomic mass is 15.1. The fourth-order valence-corrected chi connectivity index (χ4v) is 7.45. The summed E-state index contributed by atoms with van der Waals surface area (Å²) in [5.74, 6) is 0. The molecule has 0 aliphatic heterocycles. The van der Waals surface area contributed by atoms with Gasteiger partial charge in [-0.3, -0.25) is 0 Å². The van der Waals surface area contributed by atoms with Crippen molar-refractivity contribution in [3.8, 4) is 44.5 Å². The number of hydrogen-bond acceptors (Lipinski definition) is 1. The zero-order valence-corrected chi connectivity index (χ0v) is 28.1. The smallest absolute Gasteiger partial charge is 0.0468 e.